The lowest BCUT2D eigenvalue weighted by Crippen LogP contribution is -2.44. The summed E-state index contributed by atoms with van der Waals surface area (Å²) in [5, 5.41) is 9.24. The lowest BCUT2D eigenvalue weighted by Gasteiger charge is -2.32. The molecule has 20 heavy (non-hydrogen) atoms. The fourth-order valence-electron chi connectivity index (χ4n) is 2.42. The lowest BCUT2D eigenvalue weighted by atomic mass is 10.1. The number of nitrogens with zero attached hydrogens (tertiary/aromatic N) is 1. The van der Waals surface area contributed by atoms with Gasteiger partial charge in [-0.15, -0.1) is 0 Å². The molecule has 1 aliphatic rings. The van der Waals surface area contributed by atoms with Crippen LogP contribution >= 0.6 is 11.8 Å². The van der Waals surface area contributed by atoms with Crippen LogP contribution in [0.1, 0.15) is 25.0 Å². The highest BCUT2D eigenvalue weighted by atomic mass is 32.2. The Balaban J connectivity index is 2.47. The summed E-state index contributed by atoms with van der Waals surface area (Å²) in [6.07, 6.45) is 0.664. The van der Waals surface area contributed by atoms with Crippen molar-refractivity contribution in [1.82, 2.24) is 4.31 Å². The molecule has 0 radical (unpaired) electrons. The molecule has 6 heteroatoms. The SMILES string of the molecule is CCc1ccc(CO)cc1S(=O)(=O)N1CCSCC1C. The molecule has 1 aromatic carbocycles. The van der Waals surface area contributed by atoms with Gasteiger partial charge in [0.1, 0.15) is 0 Å². The van der Waals surface area contributed by atoms with Gasteiger partial charge >= 0.3 is 0 Å². The molecule has 0 bridgehead atoms. The van der Waals surface area contributed by atoms with Crippen LogP contribution in [0, 0.1) is 0 Å². The van der Waals surface area contributed by atoms with Gasteiger partial charge in [0.15, 0.2) is 0 Å². The fraction of sp³-hybridized carbons (Fsp3) is 0.571. The molecule has 4 nitrogen and oxygen atoms in total. The number of sulfonamides is 1. The number of benzene rings is 1. The summed E-state index contributed by atoms with van der Waals surface area (Å²) in [7, 11) is -3.48. The van der Waals surface area contributed by atoms with Crippen molar-refractivity contribution in [1.29, 1.82) is 0 Å². The second-order valence-electron chi connectivity index (χ2n) is 4.99. The number of thioether (sulfide) groups is 1. The zero-order valence-electron chi connectivity index (χ0n) is 11.9. The molecule has 1 atom stereocenters. The third-order valence-electron chi connectivity index (χ3n) is 3.59. The number of aliphatic hydroxyl groups excluding tert-OH is 1. The molecule has 1 N–H and O–H groups in total. The Bertz CT molecular complexity index is 572. The minimum atomic E-state index is -3.48. The predicted octanol–water partition coefficient (Wildman–Crippen LogP) is 1.87. The first-order chi connectivity index (χ1) is 9.50. The predicted molar refractivity (Wildman–Crippen MR) is 82.4 cm³/mol. The van der Waals surface area contributed by atoms with E-state index in [1.807, 2.05) is 19.9 Å². The van der Waals surface area contributed by atoms with Gasteiger partial charge in [0.25, 0.3) is 0 Å². The van der Waals surface area contributed by atoms with E-state index < -0.39 is 10.0 Å². The molecule has 2 rings (SSSR count). The molecule has 112 valence electrons. The Morgan fingerprint density at radius 1 is 1.45 bits per heavy atom. The molecule has 1 heterocycles. The minimum absolute atomic E-state index is 0.0150. The summed E-state index contributed by atoms with van der Waals surface area (Å²) in [4.78, 5) is 0.352. The highest BCUT2D eigenvalue weighted by Gasteiger charge is 2.32. The zero-order valence-corrected chi connectivity index (χ0v) is 13.5. The van der Waals surface area contributed by atoms with E-state index >= 15 is 0 Å². The van der Waals surface area contributed by atoms with Crippen LogP contribution in [-0.4, -0.2) is 41.9 Å². The van der Waals surface area contributed by atoms with Crippen molar-refractivity contribution in [2.75, 3.05) is 18.1 Å². The van der Waals surface area contributed by atoms with Crippen LogP contribution in [0.15, 0.2) is 23.1 Å². The van der Waals surface area contributed by atoms with Crippen molar-refractivity contribution in [3.05, 3.63) is 29.3 Å². The Kier molecular flexibility index (Phi) is 5.12. The van der Waals surface area contributed by atoms with E-state index in [0.29, 0.717) is 23.4 Å². The van der Waals surface area contributed by atoms with E-state index in [1.165, 1.54) is 0 Å². The summed E-state index contributed by atoms with van der Waals surface area (Å²) >= 11 is 1.79. The molecule has 1 saturated heterocycles. The number of hydrogen-bond donors (Lipinski definition) is 1. The van der Waals surface area contributed by atoms with Crippen molar-refractivity contribution in [3.8, 4) is 0 Å². The van der Waals surface area contributed by atoms with Crippen molar-refractivity contribution in [2.45, 2.75) is 37.8 Å². The summed E-state index contributed by atoms with van der Waals surface area (Å²) in [5.74, 6) is 1.67. The van der Waals surface area contributed by atoms with E-state index in [2.05, 4.69) is 0 Å². The Hall–Kier alpha value is -0.560. The molecule has 1 aromatic rings. The van der Waals surface area contributed by atoms with Crippen molar-refractivity contribution in [2.24, 2.45) is 0 Å². The van der Waals surface area contributed by atoms with Crippen molar-refractivity contribution >= 4 is 21.8 Å². The van der Waals surface area contributed by atoms with Crippen LogP contribution in [0.4, 0.5) is 0 Å². The maximum atomic E-state index is 12.9. The molecular formula is C14H21NO3S2. The van der Waals surface area contributed by atoms with Gasteiger partial charge in [-0.1, -0.05) is 19.1 Å². The van der Waals surface area contributed by atoms with Crippen LogP contribution in [0.2, 0.25) is 0 Å². The highest BCUT2D eigenvalue weighted by Crippen LogP contribution is 2.27. The van der Waals surface area contributed by atoms with Gasteiger partial charge in [0.05, 0.1) is 11.5 Å². The number of aryl methyl sites for hydroxylation is 1. The Labute approximate surface area is 125 Å². The normalized spacial score (nSPS) is 21.1. The van der Waals surface area contributed by atoms with Crippen LogP contribution in [0.3, 0.4) is 0 Å². The first kappa shape index (κ1) is 15.8. The van der Waals surface area contributed by atoms with Gasteiger partial charge in [-0.2, -0.15) is 16.1 Å². The summed E-state index contributed by atoms with van der Waals surface area (Å²) < 4.78 is 27.4. The fourth-order valence-corrected chi connectivity index (χ4v) is 5.62. The van der Waals surface area contributed by atoms with E-state index in [0.717, 1.165) is 17.1 Å². The quantitative estimate of drug-likeness (QED) is 0.921. The average Bonchev–Trinajstić information content (AvgIpc) is 2.46. The number of rotatable bonds is 4. The first-order valence-electron chi connectivity index (χ1n) is 6.83. The third-order valence-corrected chi connectivity index (χ3v) is 6.87. The van der Waals surface area contributed by atoms with E-state index in [4.69, 9.17) is 0 Å². The van der Waals surface area contributed by atoms with Crippen LogP contribution in [0.5, 0.6) is 0 Å². The van der Waals surface area contributed by atoms with Gasteiger partial charge in [-0.05, 0) is 30.5 Å². The minimum Gasteiger partial charge on any atom is -0.392 e. The molecule has 1 fully saturated rings. The van der Waals surface area contributed by atoms with Gasteiger partial charge in [-0.3, -0.25) is 0 Å². The standard InChI is InChI=1S/C14H21NO3S2/c1-3-13-5-4-12(9-16)8-14(13)20(17,18)15-6-7-19-10-11(15)2/h4-5,8,11,16H,3,6-7,9-10H2,1-2H3. The Morgan fingerprint density at radius 2 is 2.20 bits per heavy atom. The third kappa shape index (κ3) is 3.03. The van der Waals surface area contributed by atoms with Crippen molar-refractivity contribution < 1.29 is 13.5 Å². The molecule has 0 amide bonds. The van der Waals surface area contributed by atoms with E-state index in [1.54, 1.807) is 28.2 Å². The van der Waals surface area contributed by atoms with Gasteiger partial charge in [-0.25, -0.2) is 8.42 Å². The van der Waals surface area contributed by atoms with E-state index in [9.17, 15) is 13.5 Å². The monoisotopic (exact) mass is 315 g/mol. The molecule has 1 unspecified atom stereocenters. The second kappa shape index (κ2) is 6.47. The first-order valence-corrected chi connectivity index (χ1v) is 9.42. The zero-order chi connectivity index (χ0) is 14.8. The average molecular weight is 315 g/mol. The highest BCUT2D eigenvalue weighted by molar-refractivity contribution is 7.99. The maximum absolute atomic E-state index is 12.9. The topological polar surface area (TPSA) is 57.6 Å². The van der Waals surface area contributed by atoms with Gasteiger partial charge < -0.3 is 5.11 Å². The lowest BCUT2D eigenvalue weighted by molar-refractivity contribution is 0.281. The van der Waals surface area contributed by atoms with E-state index in [-0.39, 0.29) is 12.6 Å². The molecule has 0 saturated carbocycles. The molecule has 0 spiro atoms. The number of hydrogen-bond acceptors (Lipinski definition) is 4. The van der Waals surface area contributed by atoms with Crippen LogP contribution in [0.25, 0.3) is 0 Å². The smallest absolute Gasteiger partial charge is 0.243 e. The van der Waals surface area contributed by atoms with Gasteiger partial charge in [0, 0.05) is 24.1 Å². The number of aliphatic hydroxyl groups is 1. The Morgan fingerprint density at radius 3 is 2.80 bits per heavy atom. The largest absolute Gasteiger partial charge is 0.392 e. The van der Waals surface area contributed by atoms with Crippen molar-refractivity contribution in [3.63, 3.8) is 0 Å². The van der Waals surface area contributed by atoms with Gasteiger partial charge in [0.2, 0.25) is 10.0 Å². The summed E-state index contributed by atoms with van der Waals surface area (Å²) in [6.45, 7) is 4.31. The molecule has 0 aliphatic carbocycles. The van der Waals surface area contributed by atoms with Crippen LogP contribution < -0.4 is 0 Å². The summed E-state index contributed by atoms with van der Waals surface area (Å²) in [6, 6.07) is 5.22. The van der Waals surface area contributed by atoms with Crippen LogP contribution in [-0.2, 0) is 23.1 Å². The molecular weight excluding hydrogens is 294 g/mol. The second-order valence-corrected chi connectivity index (χ2v) is 8.00. The maximum Gasteiger partial charge on any atom is 0.243 e. The summed E-state index contributed by atoms with van der Waals surface area (Å²) in [5.41, 5.74) is 1.45. The molecule has 0 aromatic heterocycles. The molecule has 1 aliphatic heterocycles.